The number of ketones is 1. The number of ether oxygens (including phenoxy) is 1. The van der Waals surface area contributed by atoms with Gasteiger partial charge >= 0.3 is 0 Å². The highest BCUT2D eigenvalue weighted by atomic mass is 19.1. The number of hydrogen-bond acceptors (Lipinski definition) is 3. The quantitative estimate of drug-likeness (QED) is 0.834. The Morgan fingerprint density at radius 3 is 2.85 bits per heavy atom. The van der Waals surface area contributed by atoms with Gasteiger partial charge in [-0.2, -0.15) is 0 Å². The van der Waals surface area contributed by atoms with Crippen LogP contribution in [0, 0.1) is 5.82 Å². The van der Waals surface area contributed by atoms with Crippen molar-refractivity contribution in [2.24, 2.45) is 0 Å². The second kappa shape index (κ2) is 6.84. The van der Waals surface area contributed by atoms with Crippen molar-refractivity contribution in [1.82, 2.24) is 5.32 Å². The van der Waals surface area contributed by atoms with E-state index in [-0.39, 0.29) is 19.1 Å². The largest absolute Gasteiger partial charge is 0.490 e. The summed E-state index contributed by atoms with van der Waals surface area (Å²) in [4.78, 5) is 11.0. The summed E-state index contributed by atoms with van der Waals surface area (Å²) in [7, 11) is 0. The van der Waals surface area contributed by atoms with Gasteiger partial charge in [0.2, 0.25) is 0 Å². The fourth-order valence-corrected chi connectivity index (χ4v) is 2.46. The molecule has 0 atom stereocenters. The number of carbonyl (C=O) groups is 1. The fraction of sp³-hybridized carbons (Fsp3) is 0.562. The first kappa shape index (κ1) is 15.0. The van der Waals surface area contributed by atoms with E-state index in [1.165, 1.54) is 12.1 Å². The van der Waals surface area contributed by atoms with Gasteiger partial charge in [-0.05, 0) is 50.4 Å². The van der Waals surface area contributed by atoms with Crippen molar-refractivity contribution in [2.75, 3.05) is 6.54 Å². The molecule has 4 heteroatoms. The van der Waals surface area contributed by atoms with E-state index in [1.807, 2.05) is 6.07 Å². The van der Waals surface area contributed by atoms with Crippen LogP contribution in [-0.2, 0) is 11.2 Å². The maximum atomic E-state index is 13.5. The first-order valence-corrected chi connectivity index (χ1v) is 7.25. The summed E-state index contributed by atoms with van der Waals surface area (Å²) in [5.41, 5.74) is 0.817. The van der Waals surface area contributed by atoms with Gasteiger partial charge < -0.3 is 14.8 Å². The van der Waals surface area contributed by atoms with Gasteiger partial charge in [-0.3, -0.25) is 0 Å². The van der Waals surface area contributed by atoms with Crippen LogP contribution >= 0.6 is 0 Å². The highest BCUT2D eigenvalue weighted by molar-refractivity contribution is 5.75. The van der Waals surface area contributed by atoms with Crippen LogP contribution in [0.5, 0.6) is 5.75 Å². The highest BCUT2D eigenvalue weighted by Crippen LogP contribution is 2.27. The molecule has 1 saturated carbocycles. The molecule has 3 nitrogen and oxygen atoms in total. The van der Waals surface area contributed by atoms with E-state index >= 15 is 0 Å². The van der Waals surface area contributed by atoms with Crippen LogP contribution in [0.2, 0.25) is 0 Å². The lowest BCUT2D eigenvalue weighted by molar-refractivity contribution is -0.116. The summed E-state index contributed by atoms with van der Waals surface area (Å²) >= 11 is 0. The van der Waals surface area contributed by atoms with E-state index in [0.29, 0.717) is 24.6 Å². The third kappa shape index (κ3) is 4.30. The maximum Gasteiger partial charge on any atom is 0.130 e. The lowest BCUT2D eigenvalue weighted by Gasteiger charge is -2.35. The Labute approximate surface area is 121 Å². The van der Waals surface area contributed by atoms with Gasteiger partial charge in [-0.1, -0.05) is 6.92 Å². The SMILES string of the molecule is CCNC1CC(Oc2cc(F)cc(CCC(C)=O)c2)C1.[HH]. The Kier molecular flexibility index (Phi) is 5.12. The molecule has 0 spiro atoms. The first-order valence-electron chi connectivity index (χ1n) is 7.25. The molecule has 0 radical (unpaired) electrons. The van der Waals surface area contributed by atoms with E-state index in [9.17, 15) is 9.18 Å². The smallest absolute Gasteiger partial charge is 0.130 e. The number of nitrogens with one attached hydrogen (secondary N) is 1. The minimum absolute atomic E-state index is 0. The molecule has 1 fully saturated rings. The second-order valence-corrected chi connectivity index (χ2v) is 5.46. The summed E-state index contributed by atoms with van der Waals surface area (Å²) in [6, 6.07) is 5.25. The normalized spacial score (nSPS) is 21.4. The minimum Gasteiger partial charge on any atom is -0.490 e. The zero-order valence-electron chi connectivity index (χ0n) is 12.1. The van der Waals surface area contributed by atoms with Crippen LogP contribution < -0.4 is 10.1 Å². The van der Waals surface area contributed by atoms with Gasteiger partial charge in [0.15, 0.2) is 0 Å². The average molecular weight is 281 g/mol. The van der Waals surface area contributed by atoms with E-state index < -0.39 is 0 Å². The zero-order valence-corrected chi connectivity index (χ0v) is 12.1. The monoisotopic (exact) mass is 281 g/mol. The molecular weight excluding hydrogens is 257 g/mol. The molecule has 2 rings (SSSR count). The third-order valence-electron chi connectivity index (χ3n) is 3.59. The lowest BCUT2D eigenvalue weighted by Crippen LogP contribution is -2.46. The molecule has 1 aromatic carbocycles. The molecule has 1 aliphatic carbocycles. The van der Waals surface area contributed by atoms with Crippen molar-refractivity contribution in [3.8, 4) is 5.75 Å². The van der Waals surface area contributed by atoms with Crippen LogP contribution in [0.1, 0.15) is 40.1 Å². The molecule has 0 bridgehead atoms. The predicted octanol–water partition coefficient (Wildman–Crippen LogP) is 3.11. The molecule has 0 aromatic heterocycles. The molecule has 20 heavy (non-hydrogen) atoms. The van der Waals surface area contributed by atoms with E-state index in [2.05, 4.69) is 12.2 Å². The molecule has 1 N–H and O–H groups in total. The Bertz CT molecular complexity index is 475. The number of aryl methyl sites for hydroxylation is 1. The third-order valence-corrected chi connectivity index (χ3v) is 3.59. The summed E-state index contributed by atoms with van der Waals surface area (Å²) in [6.45, 7) is 4.60. The Balaban J connectivity index is 0.00000220. The maximum absolute atomic E-state index is 13.5. The van der Waals surface area contributed by atoms with E-state index in [1.54, 1.807) is 6.92 Å². The van der Waals surface area contributed by atoms with Gasteiger partial charge in [0.25, 0.3) is 0 Å². The number of rotatable bonds is 7. The molecule has 0 heterocycles. The second-order valence-electron chi connectivity index (χ2n) is 5.46. The van der Waals surface area contributed by atoms with Crippen molar-refractivity contribution < 1.29 is 15.3 Å². The Hall–Kier alpha value is -1.42. The zero-order chi connectivity index (χ0) is 14.5. The number of hydrogen-bond donors (Lipinski definition) is 1. The van der Waals surface area contributed by atoms with Gasteiger partial charge in [-0.25, -0.2) is 4.39 Å². The Morgan fingerprint density at radius 1 is 1.45 bits per heavy atom. The fourth-order valence-electron chi connectivity index (χ4n) is 2.46. The number of halogens is 1. The number of Topliss-reactive ketones (excluding diaryl/α,β-unsaturated/α-hetero) is 1. The topological polar surface area (TPSA) is 38.3 Å². The van der Waals surface area contributed by atoms with Crippen molar-refractivity contribution >= 4 is 5.78 Å². The summed E-state index contributed by atoms with van der Waals surface area (Å²) in [5.74, 6) is 0.385. The highest BCUT2D eigenvalue weighted by Gasteiger charge is 2.30. The standard InChI is InChI=1S/C16H22FNO2.H2/c1-3-18-14-9-16(10-14)20-15-7-12(5-4-11(2)19)6-13(17)8-15;/h6-8,14,16,18H,3-5,9-10H2,1-2H3;1H. The van der Waals surface area contributed by atoms with Crippen LogP contribution in [-0.4, -0.2) is 24.5 Å². The predicted molar refractivity (Wildman–Crippen MR) is 78.6 cm³/mol. The van der Waals surface area contributed by atoms with Crippen molar-refractivity contribution in [3.05, 3.63) is 29.6 Å². The summed E-state index contributed by atoms with van der Waals surface area (Å²) < 4.78 is 19.3. The Morgan fingerprint density at radius 2 is 2.20 bits per heavy atom. The summed E-state index contributed by atoms with van der Waals surface area (Å²) in [6.07, 6.45) is 3.10. The molecule has 1 aliphatic rings. The van der Waals surface area contributed by atoms with Crippen molar-refractivity contribution in [3.63, 3.8) is 0 Å². The van der Waals surface area contributed by atoms with E-state index in [4.69, 9.17) is 4.74 Å². The van der Waals surface area contributed by atoms with Crippen LogP contribution in [0.3, 0.4) is 0 Å². The van der Waals surface area contributed by atoms with Crippen LogP contribution in [0.4, 0.5) is 4.39 Å². The molecular formula is C16H24FNO2. The van der Waals surface area contributed by atoms with Crippen molar-refractivity contribution in [1.29, 1.82) is 0 Å². The molecule has 0 unspecified atom stereocenters. The molecule has 0 amide bonds. The number of carbonyl (C=O) groups excluding carboxylic acids is 1. The van der Waals surface area contributed by atoms with Gasteiger partial charge in [0.1, 0.15) is 23.5 Å². The van der Waals surface area contributed by atoms with Crippen LogP contribution in [0.15, 0.2) is 18.2 Å². The minimum atomic E-state index is -0.302. The molecule has 0 aliphatic heterocycles. The molecule has 112 valence electrons. The average Bonchev–Trinajstić information content (AvgIpc) is 2.33. The number of benzene rings is 1. The van der Waals surface area contributed by atoms with Crippen LogP contribution in [0.25, 0.3) is 0 Å². The summed E-state index contributed by atoms with van der Waals surface area (Å²) in [5, 5.41) is 3.36. The molecule has 0 saturated heterocycles. The molecule has 1 aromatic rings. The van der Waals surface area contributed by atoms with Gasteiger partial charge in [0, 0.05) is 20.0 Å². The van der Waals surface area contributed by atoms with Gasteiger partial charge in [-0.15, -0.1) is 0 Å². The van der Waals surface area contributed by atoms with E-state index in [0.717, 1.165) is 24.9 Å². The first-order chi connectivity index (χ1) is 9.56. The van der Waals surface area contributed by atoms with Crippen molar-refractivity contribution in [2.45, 2.75) is 51.7 Å². The lowest BCUT2D eigenvalue weighted by atomic mass is 9.89. The van der Waals surface area contributed by atoms with Gasteiger partial charge in [0.05, 0.1) is 0 Å².